The van der Waals surface area contributed by atoms with Crippen molar-refractivity contribution in [1.29, 1.82) is 0 Å². The predicted molar refractivity (Wildman–Crippen MR) is 52.0 cm³/mol. The Morgan fingerprint density at radius 3 is 2.00 bits per heavy atom. The number of aliphatic hydroxyl groups is 1. The molecule has 0 amide bonds. The molecule has 17 heavy (non-hydrogen) atoms. The molecule has 6 heteroatoms. The van der Waals surface area contributed by atoms with Gasteiger partial charge in [0.25, 0.3) is 0 Å². The first-order chi connectivity index (χ1) is 7.77. The first kappa shape index (κ1) is 13.1. The summed E-state index contributed by atoms with van der Waals surface area (Å²) in [5.41, 5.74) is -2.11. The highest BCUT2D eigenvalue weighted by Gasteiger charge is 2.95. The van der Waals surface area contributed by atoms with Crippen LogP contribution in [0.2, 0.25) is 0 Å². The summed E-state index contributed by atoms with van der Waals surface area (Å²) in [7, 11) is 0. The molecule has 0 aromatic rings. The molecule has 2 aliphatic rings. The second-order valence-electron chi connectivity index (χ2n) is 4.87. The molecule has 100 valence electrons. The van der Waals surface area contributed by atoms with Gasteiger partial charge < -0.3 is 9.84 Å². The van der Waals surface area contributed by atoms with Gasteiger partial charge in [0.15, 0.2) is 0 Å². The lowest BCUT2D eigenvalue weighted by atomic mass is 9.51. The highest BCUT2D eigenvalue weighted by Crippen LogP contribution is 2.73. The summed E-state index contributed by atoms with van der Waals surface area (Å²) in [5.74, 6) is -11.7. The molecule has 0 heterocycles. The van der Waals surface area contributed by atoms with Gasteiger partial charge in [-0.25, -0.2) is 0 Å². The van der Waals surface area contributed by atoms with E-state index in [1.807, 2.05) is 0 Å². The molecule has 0 radical (unpaired) electrons. The normalized spacial score (nSPS) is 37.8. The van der Waals surface area contributed by atoms with Crippen molar-refractivity contribution in [1.82, 2.24) is 0 Å². The van der Waals surface area contributed by atoms with E-state index in [1.54, 1.807) is 0 Å². The zero-order chi connectivity index (χ0) is 12.9. The van der Waals surface area contributed by atoms with E-state index in [2.05, 4.69) is 4.74 Å². The van der Waals surface area contributed by atoms with E-state index in [1.165, 1.54) is 6.92 Å². The lowest BCUT2D eigenvalue weighted by molar-refractivity contribution is -0.532. The number of ether oxygens (including phenoxy) is 1. The fourth-order valence-corrected chi connectivity index (χ4v) is 3.21. The molecule has 1 N–H and O–H groups in total. The van der Waals surface area contributed by atoms with Crippen LogP contribution in [-0.4, -0.2) is 29.3 Å². The maximum atomic E-state index is 13.7. The first-order valence-electron chi connectivity index (χ1n) is 5.89. The molecule has 1 spiro atoms. The van der Waals surface area contributed by atoms with E-state index in [4.69, 9.17) is 0 Å². The summed E-state index contributed by atoms with van der Waals surface area (Å²) in [4.78, 5) is 0. The molecule has 2 saturated carbocycles. The van der Waals surface area contributed by atoms with Gasteiger partial charge in [0.1, 0.15) is 5.41 Å². The average molecular weight is 256 g/mol. The van der Waals surface area contributed by atoms with E-state index < -0.39 is 23.0 Å². The minimum atomic E-state index is -4.51. The van der Waals surface area contributed by atoms with Crippen LogP contribution < -0.4 is 0 Å². The van der Waals surface area contributed by atoms with Crippen LogP contribution in [-0.2, 0) is 4.74 Å². The molecule has 2 fully saturated rings. The van der Waals surface area contributed by atoms with Gasteiger partial charge in [-0.05, 0) is 19.8 Å². The SMILES string of the molecule is CCOC1(O)C(F)(F)C(F)(F)C12CCCCC2. The maximum Gasteiger partial charge on any atom is 0.363 e. The third kappa shape index (κ3) is 1.18. The van der Waals surface area contributed by atoms with Crippen LogP contribution in [0, 0.1) is 5.41 Å². The van der Waals surface area contributed by atoms with Gasteiger partial charge in [0.05, 0.1) is 0 Å². The molecule has 1 atom stereocenters. The van der Waals surface area contributed by atoms with E-state index in [-0.39, 0.29) is 19.4 Å². The summed E-state index contributed by atoms with van der Waals surface area (Å²) in [6, 6.07) is 0. The predicted octanol–water partition coefficient (Wildman–Crippen LogP) is 2.95. The number of rotatable bonds is 2. The van der Waals surface area contributed by atoms with Crippen molar-refractivity contribution in [2.75, 3.05) is 6.61 Å². The number of alkyl halides is 4. The second kappa shape index (κ2) is 3.57. The quantitative estimate of drug-likeness (QED) is 0.608. The van der Waals surface area contributed by atoms with E-state index in [9.17, 15) is 22.7 Å². The molecule has 1 unspecified atom stereocenters. The number of hydrogen-bond donors (Lipinski definition) is 1. The second-order valence-corrected chi connectivity index (χ2v) is 4.87. The maximum absolute atomic E-state index is 13.7. The topological polar surface area (TPSA) is 29.5 Å². The van der Waals surface area contributed by atoms with Crippen molar-refractivity contribution >= 4 is 0 Å². The number of hydrogen-bond acceptors (Lipinski definition) is 2. The van der Waals surface area contributed by atoms with Crippen LogP contribution in [0.25, 0.3) is 0 Å². The fraction of sp³-hybridized carbons (Fsp3) is 1.00. The third-order valence-electron chi connectivity index (χ3n) is 4.13. The van der Waals surface area contributed by atoms with Gasteiger partial charge in [-0.2, -0.15) is 17.6 Å². The minimum Gasteiger partial charge on any atom is -0.360 e. The molecule has 0 aromatic heterocycles. The Bertz CT molecular complexity index is 313. The van der Waals surface area contributed by atoms with Crippen LogP contribution in [0.1, 0.15) is 39.0 Å². The molecule has 2 nitrogen and oxygen atoms in total. The van der Waals surface area contributed by atoms with Crippen molar-refractivity contribution in [2.24, 2.45) is 5.41 Å². The average Bonchev–Trinajstić information content (AvgIpc) is 2.29. The molecule has 0 aliphatic heterocycles. The van der Waals surface area contributed by atoms with Crippen LogP contribution in [0.4, 0.5) is 17.6 Å². The van der Waals surface area contributed by atoms with Crippen molar-refractivity contribution in [2.45, 2.75) is 56.7 Å². The molecule has 2 aliphatic carbocycles. The summed E-state index contributed by atoms with van der Waals surface area (Å²) >= 11 is 0. The Labute approximate surface area is 96.9 Å². The Balaban J connectivity index is 2.41. The fourth-order valence-electron chi connectivity index (χ4n) is 3.21. The van der Waals surface area contributed by atoms with Gasteiger partial charge in [0.2, 0.25) is 5.79 Å². The zero-order valence-electron chi connectivity index (χ0n) is 9.61. The highest BCUT2D eigenvalue weighted by atomic mass is 19.3. The Morgan fingerprint density at radius 1 is 1.00 bits per heavy atom. The lowest BCUT2D eigenvalue weighted by Crippen LogP contribution is -2.86. The summed E-state index contributed by atoms with van der Waals surface area (Å²) in [6.45, 7) is 1.19. The molecule has 0 saturated heterocycles. The van der Waals surface area contributed by atoms with Crippen molar-refractivity contribution in [3.8, 4) is 0 Å². The van der Waals surface area contributed by atoms with E-state index in [0.29, 0.717) is 12.8 Å². The molecule has 0 bridgehead atoms. The van der Waals surface area contributed by atoms with E-state index in [0.717, 1.165) is 6.42 Å². The number of halogens is 4. The standard InChI is InChI=1S/C11H16F4O2/c1-2-17-11(16)8(6-4-3-5-7-8)9(12,13)10(11,14)15/h16H,2-7H2,1H3. The van der Waals surface area contributed by atoms with Gasteiger partial charge >= 0.3 is 11.8 Å². The van der Waals surface area contributed by atoms with Crippen LogP contribution in [0.5, 0.6) is 0 Å². The monoisotopic (exact) mass is 256 g/mol. The largest absolute Gasteiger partial charge is 0.363 e. The van der Waals surface area contributed by atoms with Crippen LogP contribution in [0.15, 0.2) is 0 Å². The molecule has 0 aromatic carbocycles. The lowest BCUT2D eigenvalue weighted by Gasteiger charge is -2.65. The summed E-state index contributed by atoms with van der Waals surface area (Å²) in [5, 5.41) is 9.90. The van der Waals surface area contributed by atoms with Crippen LogP contribution >= 0.6 is 0 Å². The summed E-state index contributed by atoms with van der Waals surface area (Å²) < 4.78 is 58.9. The Morgan fingerprint density at radius 2 is 1.53 bits per heavy atom. The zero-order valence-corrected chi connectivity index (χ0v) is 9.61. The van der Waals surface area contributed by atoms with Gasteiger partial charge in [0, 0.05) is 6.61 Å². The highest BCUT2D eigenvalue weighted by molar-refractivity contribution is 5.25. The molecule has 2 rings (SSSR count). The molecular weight excluding hydrogens is 240 g/mol. The third-order valence-corrected chi connectivity index (χ3v) is 4.13. The first-order valence-corrected chi connectivity index (χ1v) is 5.89. The van der Waals surface area contributed by atoms with Gasteiger partial charge in [-0.15, -0.1) is 0 Å². The van der Waals surface area contributed by atoms with E-state index >= 15 is 0 Å². The van der Waals surface area contributed by atoms with Crippen molar-refractivity contribution < 1.29 is 27.4 Å². The minimum absolute atomic E-state index is 0.119. The van der Waals surface area contributed by atoms with Crippen LogP contribution in [0.3, 0.4) is 0 Å². The Hall–Kier alpha value is -0.360. The Kier molecular flexibility index (Phi) is 2.75. The summed E-state index contributed by atoms with van der Waals surface area (Å²) in [6.07, 6.45) is 1.33. The van der Waals surface area contributed by atoms with Crippen molar-refractivity contribution in [3.63, 3.8) is 0 Å². The van der Waals surface area contributed by atoms with Crippen molar-refractivity contribution in [3.05, 3.63) is 0 Å². The van der Waals surface area contributed by atoms with Gasteiger partial charge in [-0.3, -0.25) is 0 Å². The molecular formula is C11H16F4O2. The smallest absolute Gasteiger partial charge is 0.360 e. The van der Waals surface area contributed by atoms with Gasteiger partial charge in [-0.1, -0.05) is 19.3 Å².